The van der Waals surface area contributed by atoms with Crippen molar-refractivity contribution in [3.63, 3.8) is 0 Å². The minimum Gasteiger partial charge on any atom is -0.469 e. The Hall–Kier alpha value is -1.55. The van der Waals surface area contributed by atoms with Crippen molar-refractivity contribution in [2.24, 2.45) is 5.73 Å². The molecule has 0 aliphatic carbocycles. The van der Waals surface area contributed by atoms with Crippen LogP contribution in [0.25, 0.3) is 0 Å². The highest BCUT2D eigenvalue weighted by Gasteiger charge is 2.26. The smallest absolute Gasteiger partial charge is 0.307 e. The molecule has 1 heterocycles. The van der Waals surface area contributed by atoms with Crippen LogP contribution in [-0.4, -0.2) is 31.7 Å². The van der Waals surface area contributed by atoms with Gasteiger partial charge in [0, 0.05) is 24.3 Å². The molecular formula is C14H20N2O2. The van der Waals surface area contributed by atoms with Crippen LogP contribution in [0.2, 0.25) is 0 Å². The summed E-state index contributed by atoms with van der Waals surface area (Å²) in [4.78, 5) is 13.6. The molecule has 98 valence electrons. The number of rotatable bonds is 3. The van der Waals surface area contributed by atoms with Crippen molar-refractivity contribution in [3.05, 3.63) is 29.8 Å². The van der Waals surface area contributed by atoms with Gasteiger partial charge in [-0.3, -0.25) is 4.79 Å². The third-order valence-corrected chi connectivity index (χ3v) is 3.44. The van der Waals surface area contributed by atoms with E-state index in [2.05, 4.69) is 17.0 Å². The van der Waals surface area contributed by atoms with Crippen LogP contribution in [-0.2, 0) is 16.0 Å². The molecule has 4 heteroatoms. The molecule has 1 aliphatic rings. The molecule has 1 aromatic carbocycles. The number of para-hydroxylation sites is 1. The van der Waals surface area contributed by atoms with Gasteiger partial charge in [-0.25, -0.2) is 0 Å². The van der Waals surface area contributed by atoms with E-state index in [0.29, 0.717) is 6.42 Å². The van der Waals surface area contributed by atoms with Gasteiger partial charge in [0.1, 0.15) is 0 Å². The van der Waals surface area contributed by atoms with Crippen molar-refractivity contribution >= 4 is 11.7 Å². The fourth-order valence-corrected chi connectivity index (χ4v) is 2.51. The summed E-state index contributed by atoms with van der Waals surface area (Å²) >= 11 is 0. The summed E-state index contributed by atoms with van der Waals surface area (Å²) in [6.45, 7) is 2.82. The van der Waals surface area contributed by atoms with Crippen molar-refractivity contribution in [1.82, 2.24) is 0 Å². The number of nitrogens with two attached hydrogens (primary N) is 1. The predicted octanol–water partition coefficient (Wildman–Crippen LogP) is 1.33. The lowest BCUT2D eigenvalue weighted by molar-refractivity contribution is -0.140. The number of hydrogen-bond acceptors (Lipinski definition) is 4. The third kappa shape index (κ3) is 2.64. The number of carbonyl (C=O) groups excluding carboxylic acids is 1. The quantitative estimate of drug-likeness (QED) is 0.820. The molecule has 1 aliphatic heterocycles. The van der Waals surface area contributed by atoms with E-state index < -0.39 is 0 Å². The highest BCUT2D eigenvalue weighted by molar-refractivity contribution is 5.71. The van der Waals surface area contributed by atoms with Crippen LogP contribution in [0.15, 0.2) is 24.3 Å². The fraction of sp³-hybridized carbons (Fsp3) is 0.500. The molecule has 0 fully saturated rings. The Morgan fingerprint density at radius 2 is 2.28 bits per heavy atom. The van der Waals surface area contributed by atoms with E-state index in [9.17, 15) is 4.79 Å². The van der Waals surface area contributed by atoms with E-state index >= 15 is 0 Å². The topological polar surface area (TPSA) is 55.6 Å². The van der Waals surface area contributed by atoms with Crippen molar-refractivity contribution in [3.8, 4) is 0 Å². The molecule has 4 nitrogen and oxygen atoms in total. The zero-order valence-electron chi connectivity index (χ0n) is 10.9. The largest absolute Gasteiger partial charge is 0.469 e. The summed E-state index contributed by atoms with van der Waals surface area (Å²) in [6, 6.07) is 8.47. The minimum atomic E-state index is -0.181. The average molecular weight is 248 g/mol. The Morgan fingerprint density at radius 1 is 1.56 bits per heavy atom. The molecule has 0 saturated heterocycles. The molecule has 18 heavy (non-hydrogen) atoms. The number of fused-ring (bicyclic) bond motifs is 1. The second-order valence-electron chi connectivity index (χ2n) is 4.87. The normalized spacial score (nSPS) is 20.2. The molecule has 0 radical (unpaired) electrons. The number of carbonyl (C=O) groups is 1. The van der Waals surface area contributed by atoms with Crippen molar-refractivity contribution in [1.29, 1.82) is 0 Å². The van der Waals surface area contributed by atoms with Gasteiger partial charge in [-0.05, 0) is 25.0 Å². The van der Waals surface area contributed by atoms with Crippen LogP contribution in [0, 0.1) is 0 Å². The number of hydrogen-bond donors (Lipinski definition) is 1. The summed E-state index contributed by atoms with van der Waals surface area (Å²) < 4.78 is 4.73. The van der Waals surface area contributed by atoms with Gasteiger partial charge in [-0.1, -0.05) is 18.2 Å². The van der Waals surface area contributed by atoms with Gasteiger partial charge in [-0.2, -0.15) is 0 Å². The molecule has 2 N–H and O–H groups in total. The van der Waals surface area contributed by atoms with Gasteiger partial charge >= 0.3 is 5.97 Å². The first kappa shape index (κ1) is 12.9. The third-order valence-electron chi connectivity index (χ3n) is 3.44. The standard InChI is InChI=1S/C14H20N2O2/c1-10(7-14(17)18-2)16-9-12(15)8-11-5-3-4-6-13(11)16/h3-6,10,12H,7-9,15H2,1-2H3. The van der Waals surface area contributed by atoms with E-state index in [1.54, 1.807) is 0 Å². The molecule has 0 spiro atoms. The Balaban J connectivity index is 2.20. The summed E-state index contributed by atoms with van der Waals surface area (Å²) in [5, 5.41) is 0. The minimum absolute atomic E-state index is 0.102. The zero-order chi connectivity index (χ0) is 13.1. The van der Waals surface area contributed by atoms with E-state index in [4.69, 9.17) is 10.5 Å². The van der Waals surface area contributed by atoms with Crippen molar-refractivity contribution in [2.45, 2.75) is 31.8 Å². The lowest BCUT2D eigenvalue weighted by Crippen LogP contribution is -2.47. The molecule has 0 saturated carbocycles. The maximum atomic E-state index is 11.4. The van der Waals surface area contributed by atoms with Gasteiger partial charge in [0.05, 0.1) is 13.5 Å². The van der Waals surface area contributed by atoms with Crippen LogP contribution < -0.4 is 10.6 Å². The number of nitrogens with zero attached hydrogens (tertiary/aromatic N) is 1. The van der Waals surface area contributed by atoms with Crippen LogP contribution in [0.4, 0.5) is 5.69 Å². The number of anilines is 1. The van der Waals surface area contributed by atoms with Gasteiger partial charge < -0.3 is 15.4 Å². The van der Waals surface area contributed by atoms with E-state index in [1.165, 1.54) is 18.4 Å². The first-order chi connectivity index (χ1) is 8.61. The van der Waals surface area contributed by atoms with E-state index in [-0.39, 0.29) is 18.1 Å². The fourth-order valence-electron chi connectivity index (χ4n) is 2.51. The van der Waals surface area contributed by atoms with Crippen LogP contribution in [0.3, 0.4) is 0 Å². The molecule has 0 aromatic heterocycles. The van der Waals surface area contributed by atoms with Crippen LogP contribution in [0.1, 0.15) is 18.9 Å². The number of esters is 1. The summed E-state index contributed by atoms with van der Waals surface area (Å²) in [6.07, 6.45) is 1.29. The van der Waals surface area contributed by atoms with Gasteiger partial charge in [-0.15, -0.1) is 0 Å². The first-order valence-corrected chi connectivity index (χ1v) is 6.28. The second-order valence-corrected chi connectivity index (χ2v) is 4.87. The summed E-state index contributed by atoms with van der Waals surface area (Å²) in [5.41, 5.74) is 8.53. The summed E-state index contributed by atoms with van der Waals surface area (Å²) in [7, 11) is 1.42. The highest BCUT2D eigenvalue weighted by Crippen LogP contribution is 2.28. The molecular weight excluding hydrogens is 228 g/mol. The van der Waals surface area contributed by atoms with E-state index in [0.717, 1.165) is 13.0 Å². The predicted molar refractivity (Wildman–Crippen MR) is 71.6 cm³/mol. The lowest BCUT2D eigenvalue weighted by atomic mass is 9.96. The molecule has 1 aromatic rings. The maximum absolute atomic E-state index is 11.4. The SMILES string of the molecule is COC(=O)CC(C)N1CC(N)Cc2ccccc21. The van der Waals surface area contributed by atoms with Gasteiger partial charge in [0.25, 0.3) is 0 Å². The average Bonchev–Trinajstić information content (AvgIpc) is 2.37. The molecule has 2 atom stereocenters. The Labute approximate surface area is 108 Å². The van der Waals surface area contributed by atoms with Crippen molar-refractivity contribution < 1.29 is 9.53 Å². The monoisotopic (exact) mass is 248 g/mol. The zero-order valence-corrected chi connectivity index (χ0v) is 10.9. The van der Waals surface area contributed by atoms with Crippen molar-refractivity contribution in [2.75, 3.05) is 18.6 Å². The number of benzene rings is 1. The molecule has 0 amide bonds. The molecule has 0 bridgehead atoms. The highest BCUT2D eigenvalue weighted by atomic mass is 16.5. The van der Waals surface area contributed by atoms with Gasteiger partial charge in [0.2, 0.25) is 0 Å². The summed E-state index contributed by atoms with van der Waals surface area (Å²) in [5.74, 6) is -0.181. The first-order valence-electron chi connectivity index (χ1n) is 6.28. The molecule has 2 unspecified atom stereocenters. The van der Waals surface area contributed by atoms with Crippen LogP contribution in [0.5, 0.6) is 0 Å². The second kappa shape index (κ2) is 5.40. The Kier molecular flexibility index (Phi) is 3.87. The lowest BCUT2D eigenvalue weighted by Gasteiger charge is -2.38. The van der Waals surface area contributed by atoms with E-state index in [1.807, 2.05) is 19.1 Å². The van der Waals surface area contributed by atoms with Crippen LogP contribution >= 0.6 is 0 Å². The number of methoxy groups -OCH3 is 1. The maximum Gasteiger partial charge on any atom is 0.307 e. The Morgan fingerprint density at radius 3 is 3.00 bits per heavy atom. The molecule has 2 rings (SSSR count). The Bertz CT molecular complexity index is 434. The van der Waals surface area contributed by atoms with Gasteiger partial charge in [0.15, 0.2) is 0 Å². The number of ether oxygens (including phenoxy) is 1.